The highest BCUT2D eigenvalue weighted by Gasteiger charge is 2.09. The molecule has 0 N–H and O–H groups in total. The summed E-state index contributed by atoms with van der Waals surface area (Å²) in [6, 6.07) is 3.44. The number of hydrogen-bond donors (Lipinski definition) is 0. The van der Waals surface area contributed by atoms with Crippen LogP contribution in [-0.2, 0) is 0 Å². The topological polar surface area (TPSA) is 28.0 Å². The van der Waals surface area contributed by atoms with Crippen molar-refractivity contribution in [3.05, 3.63) is 0 Å². The summed E-state index contributed by atoms with van der Waals surface area (Å²) < 4.78 is 0. The molecule has 15 heavy (non-hydrogen) atoms. The van der Waals surface area contributed by atoms with Gasteiger partial charge in [-0.25, -0.2) is 0 Å². The molecule has 3 nitrogen and oxygen atoms in total. The van der Waals surface area contributed by atoms with Crippen molar-refractivity contribution in [2.24, 2.45) is 15.8 Å². The molecule has 0 aromatic carbocycles. The SMILES string of the molecule is CC(C)N(/N=N\C#CC(C)(C)C)C(C)C. The highest BCUT2D eigenvalue weighted by molar-refractivity contribution is 5.05. The Hall–Kier alpha value is -1.04. The fraction of sp³-hybridized carbons (Fsp3) is 0.833. The van der Waals surface area contributed by atoms with Crippen LogP contribution < -0.4 is 0 Å². The van der Waals surface area contributed by atoms with Crippen LogP contribution in [0, 0.1) is 17.4 Å². The maximum atomic E-state index is 4.11. The lowest BCUT2D eigenvalue weighted by molar-refractivity contribution is 0.170. The first kappa shape index (κ1) is 14.0. The third-order valence-corrected chi connectivity index (χ3v) is 1.69. The van der Waals surface area contributed by atoms with Crippen LogP contribution >= 0.6 is 0 Å². The Bertz CT molecular complexity index is 253. The highest BCUT2D eigenvalue weighted by atomic mass is 15.6. The molecule has 0 heterocycles. The Labute approximate surface area is 93.9 Å². The lowest BCUT2D eigenvalue weighted by Crippen LogP contribution is -2.31. The van der Waals surface area contributed by atoms with Crippen molar-refractivity contribution in [2.45, 2.75) is 60.5 Å². The number of hydrogen-bond acceptors (Lipinski definition) is 2. The van der Waals surface area contributed by atoms with E-state index >= 15 is 0 Å². The van der Waals surface area contributed by atoms with Gasteiger partial charge in [0.2, 0.25) is 0 Å². The van der Waals surface area contributed by atoms with E-state index in [0.717, 1.165) is 0 Å². The average Bonchev–Trinajstić information content (AvgIpc) is 2.00. The van der Waals surface area contributed by atoms with E-state index in [2.05, 4.69) is 70.8 Å². The Balaban J connectivity index is 4.41. The van der Waals surface area contributed by atoms with Crippen LogP contribution in [0.2, 0.25) is 0 Å². The van der Waals surface area contributed by atoms with Crippen LogP contribution in [0.4, 0.5) is 0 Å². The Kier molecular flexibility index (Phi) is 5.35. The van der Waals surface area contributed by atoms with Gasteiger partial charge >= 0.3 is 0 Å². The van der Waals surface area contributed by atoms with Gasteiger partial charge in [0.05, 0.1) is 6.04 Å². The maximum absolute atomic E-state index is 4.11. The third kappa shape index (κ3) is 6.96. The molecule has 0 bridgehead atoms. The minimum absolute atomic E-state index is 0.0144. The predicted octanol–water partition coefficient (Wildman–Crippen LogP) is 3.48. The lowest BCUT2D eigenvalue weighted by atomic mass is 9.99. The molecule has 0 amide bonds. The van der Waals surface area contributed by atoms with Gasteiger partial charge in [-0.3, -0.25) is 5.01 Å². The average molecular weight is 209 g/mol. The minimum Gasteiger partial charge on any atom is -0.273 e. The number of nitrogens with zero attached hydrogens (tertiary/aromatic N) is 3. The normalized spacial score (nSPS) is 12.1. The predicted molar refractivity (Wildman–Crippen MR) is 64.2 cm³/mol. The molecule has 86 valence electrons. The Morgan fingerprint density at radius 3 is 1.80 bits per heavy atom. The maximum Gasteiger partial charge on any atom is 0.0599 e. The summed E-state index contributed by atoms with van der Waals surface area (Å²) in [4.78, 5) is 0. The van der Waals surface area contributed by atoms with E-state index in [0.29, 0.717) is 12.1 Å². The smallest absolute Gasteiger partial charge is 0.0599 e. The van der Waals surface area contributed by atoms with Gasteiger partial charge in [-0.2, -0.15) is 0 Å². The molecule has 0 aliphatic carbocycles. The van der Waals surface area contributed by atoms with Crippen molar-refractivity contribution in [1.29, 1.82) is 0 Å². The molecule has 0 aliphatic rings. The summed E-state index contributed by atoms with van der Waals surface area (Å²) >= 11 is 0. The second-order valence-corrected chi connectivity index (χ2v) is 5.24. The van der Waals surface area contributed by atoms with E-state index in [1.165, 1.54) is 0 Å². The van der Waals surface area contributed by atoms with Gasteiger partial charge in [0, 0.05) is 17.5 Å². The molecule has 0 unspecified atom stereocenters. The molecule has 0 rings (SSSR count). The van der Waals surface area contributed by atoms with Crippen molar-refractivity contribution in [1.82, 2.24) is 5.01 Å². The molecule has 0 aromatic rings. The minimum atomic E-state index is -0.0144. The molecule has 0 radical (unpaired) electrons. The molecular weight excluding hydrogens is 186 g/mol. The highest BCUT2D eigenvalue weighted by Crippen LogP contribution is 2.10. The van der Waals surface area contributed by atoms with Crippen molar-refractivity contribution in [2.75, 3.05) is 0 Å². The summed E-state index contributed by atoms with van der Waals surface area (Å²) in [6.07, 6.45) is 0. The van der Waals surface area contributed by atoms with E-state index in [9.17, 15) is 0 Å². The second-order valence-electron chi connectivity index (χ2n) is 5.24. The van der Waals surface area contributed by atoms with Crippen LogP contribution in [0.3, 0.4) is 0 Å². The van der Waals surface area contributed by atoms with Crippen LogP contribution in [-0.4, -0.2) is 17.1 Å². The van der Waals surface area contributed by atoms with Crippen LogP contribution in [0.25, 0.3) is 0 Å². The van der Waals surface area contributed by atoms with E-state index in [1.807, 2.05) is 5.01 Å². The van der Waals surface area contributed by atoms with E-state index in [-0.39, 0.29) is 5.41 Å². The second kappa shape index (κ2) is 5.75. The van der Waals surface area contributed by atoms with Gasteiger partial charge in [-0.15, -0.1) is 0 Å². The summed E-state index contributed by atoms with van der Waals surface area (Å²) in [5.74, 6) is 3.02. The van der Waals surface area contributed by atoms with E-state index in [4.69, 9.17) is 0 Å². The summed E-state index contributed by atoms with van der Waals surface area (Å²) in [5, 5.41) is 9.94. The van der Waals surface area contributed by atoms with Crippen LogP contribution in [0.5, 0.6) is 0 Å². The summed E-state index contributed by atoms with van der Waals surface area (Å²) in [5.41, 5.74) is -0.0144. The van der Waals surface area contributed by atoms with E-state index in [1.54, 1.807) is 0 Å². The molecule has 3 heteroatoms. The van der Waals surface area contributed by atoms with Crippen LogP contribution in [0.1, 0.15) is 48.5 Å². The van der Waals surface area contributed by atoms with Gasteiger partial charge in [0.1, 0.15) is 0 Å². The molecule has 0 atom stereocenters. The largest absolute Gasteiger partial charge is 0.273 e. The monoisotopic (exact) mass is 209 g/mol. The first-order chi connectivity index (χ1) is 6.74. The molecule has 0 spiro atoms. The Morgan fingerprint density at radius 2 is 1.47 bits per heavy atom. The molecule has 0 saturated heterocycles. The quantitative estimate of drug-likeness (QED) is 0.397. The zero-order valence-corrected chi connectivity index (χ0v) is 11.0. The molecular formula is C12H23N3. The number of rotatable bonds is 3. The molecule has 0 aromatic heterocycles. The summed E-state index contributed by atoms with van der Waals surface area (Å²) in [7, 11) is 0. The van der Waals surface area contributed by atoms with Crippen molar-refractivity contribution < 1.29 is 0 Å². The van der Waals surface area contributed by atoms with Crippen LogP contribution in [0.15, 0.2) is 10.3 Å². The lowest BCUT2D eigenvalue weighted by Gasteiger charge is -2.25. The Morgan fingerprint density at radius 1 is 1.00 bits per heavy atom. The van der Waals surface area contributed by atoms with Crippen molar-refractivity contribution in [3.8, 4) is 12.0 Å². The van der Waals surface area contributed by atoms with Gasteiger partial charge in [-0.05, 0) is 48.5 Å². The first-order valence-electron chi connectivity index (χ1n) is 5.45. The fourth-order valence-corrected chi connectivity index (χ4v) is 1.07. The van der Waals surface area contributed by atoms with Gasteiger partial charge < -0.3 is 0 Å². The molecule has 0 saturated carbocycles. The van der Waals surface area contributed by atoms with Gasteiger partial charge in [0.15, 0.2) is 0 Å². The van der Waals surface area contributed by atoms with Crippen molar-refractivity contribution >= 4 is 0 Å². The standard InChI is InChI=1S/C12H23N3/c1-10(2)15(11(3)4)14-13-9-8-12(5,6)7/h10-11H,1-7H3/b14-13-. The molecule has 0 fully saturated rings. The molecule has 0 aliphatic heterocycles. The van der Waals surface area contributed by atoms with Gasteiger partial charge in [-0.1, -0.05) is 16.3 Å². The van der Waals surface area contributed by atoms with E-state index < -0.39 is 0 Å². The summed E-state index contributed by atoms with van der Waals surface area (Å²) in [6.45, 7) is 14.5. The zero-order valence-electron chi connectivity index (χ0n) is 11.0. The fourth-order valence-electron chi connectivity index (χ4n) is 1.07. The van der Waals surface area contributed by atoms with Crippen molar-refractivity contribution in [3.63, 3.8) is 0 Å². The van der Waals surface area contributed by atoms with Gasteiger partial charge in [0.25, 0.3) is 0 Å². The first-order valence-corrected chi connectivity index (χ1v) is 5.45. The zero-order chi connectivity index (χ0) is 12.1. The third-order valence-electron chi connectivity index (χ3n) is 1.69.